The number of thioether (sulfide) groups is 1. The van der Waals surface area contributed by atoms with Gasteiger partial charge in [-0.1, -0.05) is 25.1 Å². The third-order valence-electron chi connectivity index (χ3n) is 1.87. The van der Waals surface area contributed by atoms with E-state index in [2.05, 4.69) is 16.9 Å². The van der Waals surface area contributed by atoms with E-state index in [0.717, 1.165) is 23.0 Å². The summed E-state index contributed by atoms with van der Waals surface area (Å²) >= 11 is 1.62. The molecule has 1 aromatic heterocycles. The van der Waals surface area contributed by atoms with Gasteiger partial charge in [-0.05, 0) is 13.3 Å². The summed E-state index contributed by atoms with van der Waals surface area (Å²) in [7, 11) is 0. The Morgan fingerprint density at radius 2 is 2.00 bits per heavy atom. The molecule has 4 N–H and O–H groups in total. The topological polar surface area (TPSA) is 77.8 Å². The summed E-state index contributed by atoms with van der Waals surface area (Å²) in [5.74, 6) is 1.41. The Balaban J connectivity index is 2.69. The van der Waals surface area contributed by atoms with Gasteiger partial charge in [0, 0.05) is 5.75 Å². The molecule has 1 aromatic rings. The number of aromatic nitrogens is 2. The van der Waals surface area contributed by atoms with Crippen LogP contribution in [0.15, 0.2) is 5.16 Å². The highest BCUT2D eigenvalue weighted by atomic mass is 32.2. The van der Waals surface area contributed by atoms with E-state index in [1.807, 2.05) is 6.92 Å². The first kappa shape index (κ1) is 11.1. The Labute approximate surface area is 88.5 Å². The molecule has 0 saturated carbocycles. The molecular formula is C9H16N4S. The van der Waals surface area contributed by atoms with Crippen molar-refractivity contribution < 1.29 is 0 Å². The molecule has 0 radical (unpaired) electrons. The van der Waals surface area contributed by atoms with Gasteiger partial charge in [0.1, 0.15) is 0 Å². The Hall–Kier alpha value is -0.970. The van der Waals surface area contributed by atoms with Crippen molar-refractivity contribution in [2.45, 2.75) is 31.8 Å². The van der Waals surface area contributed by atoms with Gasteiger partial charge in [-0.2, -0.15) is 0 Å². The number of hydrogen-bond acceptors (Lipinski definition) is 5. The van der Waals surface area contributed by atoms with Gasteiger partial charge >= 0.3 is 0 Å². The van der Waals surface area contributed by atoms with Crippen molar-refractivity contribution in [2.75, 3.05) is 17.2 Å². The van der Waals surface area contributed by atoms with Crippen molar-refractivity contribution in [2.24, 2.45) is 0 Å². The number of rotatable bonds is 4. The van der Waals surface area contributed by atoms with E-state index in [1.165, 1.54) is 6.42 Å². The Morgan fingerprint density at radius 1 is 1.29 bits per heavy atom. The number of aryl methyl sites for hydroxylation is 1. The molecule has 0 saturated heterocycles. The summed E-state index contributed by atoms with van der Waals surface area (Å²) in [6.07, 6.45) is 2.34. The average molecular weight is 212 g/mol. The fraction of sp³-hybridized carbons (Fsp3) is 0.556. The molecule has 5 heteroatoms. The fourth-order valence-corrected chi connectivity index (χ4v) is 1.93. The van der Waals surface area contributed by atoms with Crippen LogP contribution in [-0.2, 0) is 0 Å². The number of nitrogen functional groups attached to an aromatic ring is 2. The zero-order chi connectivity index (χ0) is 10.6. The molecule has 1 rings (SSSR count). The number of anilines is 2. The number of hydrogen-bond donors (Lipinski definition) is 2. The molecule has 0 bridgehead atoms. The highest BCUT2D eigenvalue weighted by Gasteiger charge is 2.05. The SMILES string of the molecule is CCCCSc1nc(C)c(N)c(N)n1. The van der Waals surface area contributed by atoms with Crippen LogP contribution in [0, 0.1) is 6.92 Å². The van der Waals surface area contributed by atoms with Crippen LogP contribution in [0.4, 0.5) is 11.5 Å². The first-order chi connectivity index (χ1) is 6.65. The summed E-state index contributed by atoms with van der Waals surface area (Å²) in [6, 6.07) is 0. The monoisotopic (exact) mass is 212 g/mol. The molecule has 0 spiro atoms. The van der Waals surface area contributed by atoms with E-state index in [0.29, 0.717) is 11.5 Å². The van der Waals surface area contributed by atoms with Crippen LogP contribution < -0.4 is 11.5 Å². The number of nitrogens with two attached hydrogens (primary N) is 2. The molecule has 14 heavy (non-hydrogen) atoms. The number of nitrogens with zero attached hydrogens (tertiary/aromatic N) is 2. The van der Waals surface area contributed by atoms with E-state index in [-0.39, 0.29) is 0 Å². The second kappa shape index (κ2) is 5.05. The second-order valence-electron chi connectivity index (χ2n) is 3.09. The molecule has 0 aliphatic carbocycles. The van der Waals surface area contributed by atoms with Crippen molar-refractivity contribution in [3.63, 3.8) is 0 Å². The first-order valence-electron chi connectivity index (χ1n) is 4.67. The standard InChI is InChI=1S/C9H16N4S/c1-3-4-5-14-9-12-6(2)7(10)8(11)13-9/h3-5,10H2,1-2H3,(H2,11,12,13). The van der Waals surface area contributed by atoms with Crippen LogP contribution in [0.5, 0.6) is 0 Å². The summed E-state index contributed by atoms with van der Waals surface area (Å²) in [5.41, 5.74) is 12.5. The lowest BCUT2D eigenvalue weighted by Gasteiger charge is -2.05. The smallest absolute Gasteiger partial charge is 0.189 e. The summed E-state index contributed by atoms with van der Waals surface area (Å²) < 4.78 is 0. The van der Waals surface area contributed by atoms with Gasteiger partial charge < -0.3 is 11.5 Å². The maximum absolute atomic E-state index is 5.65. The molecule has 0 fully saturated rings. The predicted octanol–water partition coefficient (Wildman–Crippen LogP) is 1.84. The maximum Gasteiger partial charge on any atom is 0.189 e. The zero-order valence-electron chi connectivity index (χ0n) is 8.58. The number of unbranched alkanes of at least 4 members (excludes halogenated alkanes) is 1. The van der Waals surface area contributed by atoms with Gasteiger partial charge in [-0.3, -0.25) is 0 Å². The molecule has 0 unspecified atom stereocenters. The lowest BCUT2D eigenvalue weighted by molar-refractivity contribution is 0.886. The molecule has 4 nitrogen and oxygen atoms in total. The van der Waals surface area contributed by atoms with Crippen LogP contribution in [-0.4, -0.2) is 15.7 Å². The molecule has 0 aliphatic rings. The highest BCUT2D eigenvalue weighted by molar-refractivity contribution is 7.99. The predicted molar refractivity (Wildman–Crippen MR) is 61.2 cm³/mol. The second-order valence-corrected chi connectivity index (χ2v) is 4.15. The van der Waals surface area contributed by atoms with E-state index in [9.17, 15) is 0 Å². The van der Waals surface area contributed by atoms with E-state index < -0.39 is 0 Å². The lowest BCUT2D eigenvalue weighted by Crippen LogP contribution is -2.04. The first-order valence-corrected chi connectivity index (χ1v) is 5.66. The van der Waals surface area contributed by atoms with Gasteiger partial charge in [0.05, 0.1) is 11.4 Å². The van der Waals surface area contributed by atoms with Gasteiger partial charge in [-0.25, -0.2) is 9.97 Å². The largest absolute Gasteiger partial charge is 0.394 e. The molecule has 0 aliphatic heterocycles. The highest BCUT2D eigenvalue weighted by Crippen LogP contribution is 2.21. The third-order valence-corrected chi connectivity index (χ3v) is 2.81. The molecule has 0 aromatic carbocycles. The van der Waals surface area contributed by atoms with Gasteiger partial charge in [0.15, 0.2) is 11.0 Å². The minimum Gasteiger partial charge on any atom is -0.394 e. The fourth-order valence-electron chi connectivity index (χ4n) is 0.950. The minimum atomic E-state index is 0.386. The quantitative estimate of drug-likeness (QED) is 0.452. The van der Waals surface area contributed by atoms with Crippen LogP contribution >= 0.6 is 11.8 Å². The minimum absolute atomic E-state index is 0.386. The Morgan fingerprint density at radius 3 is 2.57 bits per heavy atom. The van der Waals surface area contributed by atoms with Gasteiger partial charge in [-0.15, -0.1) is 0 Å². The van der Waals surface area contributed by atoms with Crippen molar-refractivity contribution >= 4 is 23.3 Å². The van der Waals surface area contributed by atoms with E-state index in [4.69, 9.17) is 11.5 Å². The Bertz CT molecular complexity index is 291. The van der Waals surface area contributed by atoms with E-state index in [1.54, 1.807) is 11.8 Å². The van der Waals surface area contributed by atoms with Crippen molar-refractivity contribution in [1.82, 2.24) is 9.97 Å². The van der Waals surface area contributed by atoms with Crippen molar-refractivity contribution in [3.8, 4) is 0 Å². The Kier molecular flexibility index (Phi) is 4.00. The normalized spacial score (nSPS) is 10.4. The summed E-state index contributed by atoms with van der Waals surface area (Å²) in [4.78, 5) is 8.36. The summed E-state index contributed by atoms with van der Waals surface area (Å²) in [6.45, 7) is 4.00. The van der Waals surface area contributed by atoms with Gasteiger partial charge in [0.2, 0.25) is 0 Å². The molecular weight excluding hydrogens is 196 g/mol. The molecule has 78 valence electrons. The summed E-state index contributed by atoms with van der Waals surface area (Å²) in [5, 5.41) is 0.725. The van der Waals surface area contributed by atoms with Crippen molar-refractivity contribution in [3.05, 3.63) is 5.69 Å². The maximum atomic E-state index is 5.65. The van der Waals surface area contributed by atoms with Crippen LogP contribution in [0.25, 0.3) is 0 Å². The third kappa shape index (κ3) is 2.77. The van der Waals surface area contributed by atoms with Crippen LogP contribution in [0.1, 0.15) is 25.5 Å². The van der Waals surface area contributed by atoms with Gasteiger partial charge in [0.25, 0.3) is 0 Å². The molecule has 0 atom stereocenters. The average Bonchev–Trinajstić information content (AvgIpc) is 2.14. The van der Waals surface area contributed by atoms with Crippen molar-refractivity contribution in [1.29, 1.82) is 0 Å². The lowest BCUT2D eigenvalue weighted by atomic mass is 10.4. The molecule has 1 heterocycles. The van der Waals surface area contributed by atoms with Crippen LogP contribution in [0.2, 0.25) is 0 Å². The molecule has 0 amide bonds. The van der Waals surface area contributed by atoms with E-state index >= 15 is 0 Å². The zero-order valence-corrected chi connectivity index (χ0v) is 9.40. The van der Waals surface area contributed by atoms with Crippen LogP contribution in [0.3, 0.4) is 0 Å².